The first-order valence-corrected chi connectivity index (χ1v) is 8.82. The van der Waals surface area contributed by atoms with Gasteiger partial charge in [-0.05, 0) is 30.3 Å². The van der Waals surface area contributed by atoms with Gasteiger partial charge in [0.1, 0.15) is 5.75 Å². The molecule has 0 aliphatic carbocycles. The Labute approximate surface area is 157 Å². The summed E-state index contributed by atoms with van der Waals surface area (Å²) in [7, 11) is 1.62. The number of benzene rings is 2. The summed E-state index contributed by atoms with van der Waals surface area (Å²) < 4.78 is 10.7. The molecule has 1 fully saturated rings. The summed E-state index contributed by atoms with van der Waals surface area (Å²) >= 11 is 0. The molecule has 0 saturated carbocycles. The average Bonchev–Trinajstić information content (AvgIpc) is 2.73. The molecule has 4 rings (SSSR count). The van der Waals surface area contributed by atoms with Crippen molar-refractivity contribution in [2.24, 2.45) is 0 Å². The molecule has 6 nitrogen and oxygen atoms in total. The van der Waals surface area contributed by atoms with Crippen molar-refractivity contribution >= 4 is 22.6 Å². The first-order valence-electron chi connectivity index (χ1n) is 8.82. The number of methoxy groups -OCH3 is 1. The maximum atomic E-state index is 12.3. The zero-order valence-corrected chi connectivity index (χ0v) is 15.0. The second-order valence-electron chi connectivity index (χ2n) is 6.33. The van der Waals surface area contributed by atoms with Gasteiger partial charge in [-0.25, -0.2) is 9.78 Å². The third-order valence-corrected chi connectivity index (χ3v) is 4.77. The number of anilines is 1. The Bertz CT molecular complexity index is 979. The molecular formula is C21H20N2O4. The number of carboxylic acid groups (broad SMARTS) is 1. The number of rotatable bonds is 4. The quantitative estimate of drug-likeness (QED) is 0.765. The Morgan fingerprint density at radius 3 is 2.48 bits per heavy atom. The first kappa shape index (κ1) is 17.3. The third kappa shape index (κ3) is 3.19. The van der Waals surface area contributed by atoms with Crippen molar-refractivity contribution in [1.82, 2.24) is 4.98 Å². The summed E-state index contributed by atoms with van der Waals surface area (Å²) in [6, 6.07) is 14.9. The van der Waals surface area contributed by atoms with Gasteiger partial charge >= 0.3 is 5.97 Å². The number of fused-ring (bicyclic) bond motifs is 1. The molecule has 1 aliphatic heterocycles. The minimum Gasteiger partial charge on any atom is -0.497 e. The highest BCUT2D eigenvalue weighted by Gasteiger charge is 2.26. The van der Waals surface area contributed by atoms with Crippen molar-refractivity contribution < 1.29 is 19.4 Å². The number of hydrogen-bond acceptors (Lipinski definition) is 5. The molecule has 6 heteroatoms. The fourth-order valence-corrected chi connectivity index (χ4v) is 3.46. The van der Waals surface area contributed by atoms with Crippen molar-refractivity contribution in [1.29, 1.82) is 0 Å². The largest absolute Gasteiger partial charge is 0.497 e. The number of morpholine rings is 1. The highest BCUT2D eigenvalue weighted by molar-refractivity contribution is 6.10. The van der Waals surface area contributed by atoms with Crippen molar-refractivity contribution in [3.63, 3.8) is 0 Å². The molecule has 0 unspecified atom stereocenters. The Morgan fingerprint density at radius 1 is 1.11 bits per heavy atom. The molecule has 0 atom stereocenters. The Hall–Kier alpha value is -3.12. The van der Waals surface area contributed by atoms with E-state index in [0.29, 0.717) is 48.6 Å². The zero-order chi connectivity index (χ0) is 18.8. The minimum absolute atomic E-state index is 0.285. The van der Waals surface area contributed by atoms with Gasteiger partial charge in [0.15, 0.2) is 0 Å². The Kier molecular flexibility index (Phi) is 4.64. The van der Waals surface area contributed by atoms with E-state index in [-0.39, 0.29) is 5.56 Å². The maximum absolute atomic E-state index is 12.3. The molecule has 2 aromatic carbocycles. The summed E-state index contributed by atoms with van der Waals surface area (Å²) in [5, 5.41) is 10.7. The fourth-order valence-electron chi connectivity index (χ4n) is 3.46. The average molecular weight is 364 g/mol. The lowest BCUT2D eigenvalue weighted by molar-refractivity contribution is 0.0698. The Morgan fingerprint density at radius 2 is 1.81 bits per heavy atom. The van der Waals surface area contributed by atoms with Gasteiger partial charge in [0.25, 0.3) is 0 Å². The van der Waals surface area contributed by atoms with E-state index in [1.54, 1.807) is 7.11 Å². The molecule has 1 saturated heterocycles. The normalized spacial score (nSPS) is 14.3. The Balaban J connectivity index is 2.01. The molecule has 0 radical (unpaired) electrons. The second kappa shape index (κ2) is 7.25. The van der Waals surface area contributed by atoms with Gasteiger partial charge in [-0.15, -0.1) is 0 Å². The summed E-state index contributed by atoms with van der Waals surface area (Å²) in [6.45, 7) is 2.38. The van der Waals surface area contributed by atoms with E-state index < -0.39 is 5.97 Å². The molecule has 0 spiro atoms. The number of para-hydroxylation sites is 1. The predicted octanol–water partition coefficient (Wildman–Crippen LogP) is 3.45. The standard InChI is InChI=1S/C21H20N2O4/c1-26-15-8-6-14(7-9-15)19-20(23-10-12-27-13-11-23)18(21(24)25)16-4-2-3-5-17(16)22-19/h2-9H,10-13H2,1H3,(H,24,25). The van der Waals surface area contributed by atoms with Crippen LogP contribution < -0.4 is 9.64 Å². The number of hydrogen-bond donors (Lipinski definition) is 1. The van der Waals surface area contributed by atoms with Gasteiger partial charge < -0.3 is 19.5 Å². The molecule has 0 amide bonds. The van der Waals surface area contributed by atoms with Crippen LogP contribution in [0.25, 0.3) is 22.2 Å². The highest BCUT2D eigenvalue weighted by Crippen LogP contribution is 2.38. The summed E-state index contributed by atoms with van der Waals surface area (Å²) in [4.78, 5) is 19.2. The number of aromatic carboxylic acids is 1. The van der Waals surface area contributed by atoms with Gasteiger partial charge in [-0.1, -0.05) is 18.2 Å². The summed E-state index contributed by atoms with van der Waals surface area (Å²) in [5.41, 5.74) is 3.11. The minimum atomic E-state index is -0.954. The van der Waals surface area contributed by atoms with Crippen molar-refractivity contribution in [3.05, 3.63) is 54.1 Å². The van der Waals surface area contributed by atoms with Crippen LogP contribution in [0.1, 0.15) is 10.4 Å². The molecule has 2 heterocycles. The highest BCUT2D eigenvalue weighted by atomic mass is 16.5. The van der Waals surface area contributed by atoms with E-state index in [9.17, 15) is 9.90 Å². The topological polar surface area (TPSA) is 71.9 Å². The van der Waals surface area contributed by atoms with Crippen LogP contribution >= 0.6 is 0 Å². The molecule has 1 N–H and O–H groups in total. The second-order valence-corrected chi connectivity index (χ2v) is 6.33. The maximum Gasteiger partial charge on any atom is 0.338 e. The van der Waals surface area contributed by atoms with Gasteiger partial charge in [0, 0.05) is 24.0 Å². The van der Waals surface area contributed by atoms with E-state index in [0.717, 1.165) is 11.3 Å². The van der Waals surface area contributed by atoms with Gasteiger partial charge in [-0.2, -0.15) is 0 Å². The number of carboxylic acids is 1. The van der Waals surface area contributed by atoms with E-state index in [4.69, 9.17) is 14.5 Å². The smallest absolute Gasteiger partial charge is 0.338 e. The number of ether oxygens (including phenoxy) is 2. The zero-order valence-electron chi connectivity index (χ0n) is 15.0. The van der Waals surface area contributed by atoms with Crippen LogP contribution in [0.2, 0.25) is 0 Å². The van der Waals surface area contributed by atoms with E-state index in [1.165, 1.54) is 0 Å². The number of aromatic nitrogens is 1. The van der Waals surface area contributed by atoms with E-state index in [1.807, 2.05) is 48.5 Å². The van der Waals surface area contributed by atoms with Crippen LogP contribution in [0, 0.1) is 0 Å². The SMILES string of the molecule is COc1ccc(-c2nc3ccccc3c(C(=O)O)c2N2CCOCC2)cc1. The van der Waals surface area contributed by atoms with Crippen LogP contribution in [0.3, 0.4) is 0 Å². The van der Waals surface area contributed by atoms with Crippen LogP contribution in [0.15, 0.2) is 48.5 Å². The van der Waals surface area contributed by atoms with Crippen LogP contribution in [0.5, 0.6) is 5.75 Å². The van der Waals surface area contributed by atoms with Crippen LogP contribution in [0.4, 0.5) is 5.69 Å². The van der Waals surface area contributed by atoms with E-state index >= 15 is 0 Å². The molecule has 0 bridgehead atoms. The molecule has 3 aromatic rings. The lowest BCUT2D eigenvalue weighted by Gasteiger charge is -2.32. The van der Waals surface area contributed by atoms with Gasteiger partial charge in [0.2, 0.25) is 0 Å². The third-order valence-electron chi connectivity index (χ3n) is 4.77. The molecule has 27 heavy (non-hydrogen) atoms. The predicted molar refractivity (Wildman–Crippen MR) is 104 cm³/mol. The first-order chi connectivity index (χ1) is 13.2. The van der Waals surface area contributed by atoms with Crippen molar-refractivity contribution in [2.45, 2.75) is 0 Å². The summed E-state index contributed by atoms with van der Waals surface area (Å²) in [6.07, 6.45) is 0. The van der Waals surface area contributed by atoms with Crippen molar-refractivity contribution in [3.8, 4) is 17.0 Å². The van der Waals surface area contributed by atoms with Gasteiger partial charge in [0.05, 0.1) is 42.8 Å². The number of pyridine rings is 1. The van der Waals surface area contributed by atoms with Crippen molar-refractivity contribution in [2.75, 3.05) is 38.3 Å². The molecule has 1 aliphatic rings. The molecule has 1 aromatic heterocycles. The molecule has 138 valence electrons. The van der Waals surface area contributed by atoms with E-state index in [2.05, 4.69) is 4.90 Å². The van der Waals surface area contributed by atoms with Crippen LogP contribution in [-0.2, 0) is 4.74 Å². The lowest BCUT2D eigenvalue weighted by Crippen LogP contribution is -2.37. The number of carbonyl (C=O) groups is 1. The summed E-state index contributed by atoms with van der Waals surface area (Å²) in [5.74, 6) is -0.212. The monoisotopic (exact) mass is 364 g/mol. The lowest BCUT2D eigenvalue weighted by atomic mass is 9.99. The molecular weight excluding hydrogens is 344 g/mol. The van der Waals surface area contributed by atoms with Gasteiger partial charge in [-0.3, -0.25) is 0 Å². The fraction of sp³-hybridized carbons (Fsp3) is 0.238. The number of nitrogens with zero attached hydrogens (tertiary/aromatic N) is 2. The van der Waals surface area contributed by atoms with Crippen LogP contribution in [-0.4, -0.2) is 49.5 Å².